The molecule has 1 aromatic heterocycles. The van der Waals surface area contributed by atoms with Crippen LogP contribution in [0.1, 0.15) is 49.2 Å². The summed E-state index contributed by atoms with van der Waals surface area (Å²) < 4.78 is 0.256. The number of quaternary nitrogens is 1. The molecule has 33 heavy (non-hydrogen) atoms. The van der Waals surface area contributed by atoms with Gasteiger partial charge in [0.15, 0.2) is 0 Å². The van der Waals surface area contributed by atoms with Gasteiger partial charge in [-0.2, -0.15) is 0 Å². The molecule has 0 radical (unpaired) electrons. The van der Waals surface area contributed by atoms with Crippen LogP contribution in [0.25, 0.3) is 0 Å². The number of hydrogen-bond donors (Lipinski definition) is 1. The van der Waals surface area contributed by atoms with Gasteiger partial charge in [-0.3, -0.25) is 14.4 Å². The monoisotopic (exact) mass is 535 g/mol. The van der Waals surface area contributed by atoms with Gasteiger partial charge in [0.2, 0.25) is 6.04 Å². The van der Waals surface area contributed by atoms with Crippen LogP contribution in [0.15, 0.2) is 34.9 Å². The highest BCUT2D eigenvalue weighted by atomic mass is 79.9. The first-order valence-electron chi connectivity index (χ1n) is 10.9. The Morgan fingerprint density at radius 1 is 1.24 bits per heavy atom. The third-order valence-corrected chi connectivity index (χ3v) is 7.81. The van der Waals surface area contributed by atoms with E-state index in [-0.39, 0.29) is 19.1 Å². The Bertz CT molecular complexity index is 1070. The molecule has 1 aliphatic carbocycles. The second-order valence-electron chi connectivity index (χ2n) is 9.82. The molecule has 7 nitrogen and oxygen atoms in total. The van der Waals surface area contributed by atoms with Gasteiger partial charge in [-0.05, 0) is 84.4 Å². The fraction of sp³-hybridized carbons (Fsp3) is 0.458. The minimum Gasteiger partial charge on any atom is -0.498 e. The Balaban J connectivity index is 1.84. The zero-order chi connectivity index (χ0) is 24.1. The molecule has 176 valence electrons. The lowest BCUT2D eigenvalue weighted by atomic mass is 9.91. The topological polar surface area (TPSA) is 93.6 Å². The molecule has 0 bridgehead atoms. The highest BCUT2D eigenvalue weighted by Gasteiger charge is 2.56. The standard InChI is InChI=1S/C24H27BrClN3O4/c1-24(2,3)29(23(32)33)9-8-28(13-19(29)22(30)31)21-18-7-6-17(26)11-14(18)4-5-15-10-16(25)12-27-20(15)21/h6-7,10-12,19,21H,4-5,8-9,13H2,1-3H3,(H-,30,31,32,33)/t19-,21+,29?/m1/s1. The molecular weight excluding hydrogens is 510 g/mol. The number of carboxylic acids is 1. The lowest BCUT2D eigenvalue weighted by molar-refractivity contribution is -0.938. The van der Waals surface area contributed by atoms with Crippen molar-refractivity contribution < 1.29 is 24.3 Å². The van der Waals surface area contributed by atoms with Gasteiger partial charge >= 0.3 is 5.97 Å². The summed E-state index contributed by atoms with van der Waals surface area (Å²) in [5, 5.41) is 23.2. The van der Waals surface area contributed by atoms with E-state index in [4.69, 9.17) is 16.6 Å². The molecule has 1 unspecified atom stereocenters. The summed E-state index contributed by atoms with van der Waals surface area (Å²) in [6.45, 7) is 5.83. The Morgan fingerprint density at radius 2 is 1.94 bits per heavy atom. The van der Waals surface area contributed by atoms with Crippen molar-refractivity contribution in [2.24, 2.45) is 0 Å². The fourth-order valence-electron chi connectivity index (χ4n) is 5.47. The Labute approximate surface area is 206 Å². The molecule has 1 fully saturated rings. The smallest absolute Gasteiger partial charge is 0.364 e. The molecule has 9 heteroatoms. The zero-order valence-corrected chi connectivity index (χ0v) is 21.2. The van der Waals surface area contributed by atoms with Crippen molar-refractivity contribution in [1.82, 2.24) is 9.88 Å². The molecule has 0 spiro atoms. The van der Waals surface area contributed by atoms with E-state index in [9.17, 15) is 19.8 Å². The van der Waals surface area contributed by atoms with E-state index in [0.717, 1.165) is 39.7 Å². The Kier molecular flexibility index (Phi) is 6.33. The van der Waals surface area contributed by atoms with Gasteiger partial charge in [0.1, 0.15) is 0 Å². The number of carbonyl (C=O) groups excluding carboxylic acids is 1. The Morgan fingerprint density at radius 3 is 2.58 bits per heavy atom. The molecule has 4 rings (SSSR count). The van der Waals surface area contributed by atoms with Crippen LogP contribution in [0.5, 0.6) is 0 Å². The quantitative estimate of drug-likeness (QED) is 0.591. The van der Waals surface area contributed by atoms with Crippen LogP contribution >= 0.6 is 27.5 Å². The van der Waals surface area contributed by atoms with E-state index in [1.807, 2.05) is 18.2 Å². The molecule has 3 atom stereocenters. The lowest BCUT2D eigenvalue weighted by Gasteiger charge is -2.55. The van der Waals surface area contributed by atoms with E-state index in [2.05, 4.69) is 26.9 Å². The van der Waals surface area contributed by atoms with Crippen LogP contribution in [-0.4, -0.2) is 62.8 Å². The number of fused-ring (bicyclic) bond motifs is 2. The first-order chi connectivity index (χ1) is 15.5. The third-order valence-electron chi connectivity index (χ3n) is 7.14. The summed E-state index contributed by atoms with van der Waals surface area (Å²) in [5.74, 6) is -1.15. The van der Waals surface area contributed by atoms with Crippen LogP contribution in [0.4, 0.5) is 4.79 Å². The van der Waals surface area contributed by atoms with E-state index >= 15 is 0 Å². The summed E-state index contributed by atoms with van der Waals surface area (Å²) >= 11 is 9.81. The van der Waals surface area contributed by atoms with Crippen molar-refractivity contribution in [3.05, 3.63) is 62.3 Å². The number of aromatic nitrogens is 1. The molecular formula is C24H27BrClN3O4. The number of nitrogens with zero attached hydrogens (tertiary/aromatic N) is 3. The average Bonchev–Trinajstić information content (AvgIpc) is 2.88. The highest BCUT2D eigenvalue weighted by molar-refractivity contribution is 9.10. The number of carbonyl (C=O) groups is 2. The van der Waals surface area contributed by atoms with Gasteiger partial charge in [-0.15, -0.1) is 0 Å². The number of amides is 1. The van der Waals surface area contributed by atoms with E-state index in [1.54, 1.807) is 27.0 Å². The number of aryl methyl sites for hydroxylation is 2. The van der Waals surface area contributed by atoms with E-state index in [0.29, 0.717) is 11.6 Å². The Hall–Kier alpha value is -2.00. The molecule has 0 saturated carbocycles. The predicted molar refractivity (Wildman–Crippen MR) is 126 cm³/mol. The number of halogens is 2. The maximum Gasteiger partial charge on any atom is 0.364 e. The molecule has 1 saturated heterocycles. The van der Waals surface area contributed by atoms with Gasteiger partial charge in [-0.25, -0.2) is 4.79 Å². The number of carboxylic acid groups (broad SMARTS) is 2. The van der Waals surface area contributed by atoms with Crippen molar-refractivity contribution >= 4 is 39.6 Å². The zero-order valence-electron chi connectivity index (χ0n) is 18.8. The van der Waals surface area contributed by atoms with Crippen LogP contribution in [0.2, 0.25) is 5.02 Å². The summed E-state index contributed by atoms with van der Waals surface area (Å²) in [7, 11) is 0. The van der Waals surface area contributed by atoms with Crippen LogP contribution in [0.3, 0.4) is 0 Å². The van der Waals surface area contributed by atoms with Gasteiger partial charge in [0.25, 0.3) is 6.09 Å². The number of benzene rings is 1. The van der Waals surface area contributed by atoms with Gasteiger partial charge < -0.3 is 15.0 Å². The van der Waals surface area contributed by atoms with Crippen molar-refractivity contribution in [3.63, 3.8) is 0 Å². The number of piperazine rings is 1. The first-order valence-corrected chi connectivity index (χ1v) is 12.1. The fourth-order valence-corrected chi connectivity index (χ4v) is 6.05. The molecule has 2 heterocycles. The van der Waals surface area contributed by atoms with Crippen LogP contribution in [0, 0.1) is 0 Å². The average molecular weight is 537 g/mol. The van der Waals surface area contributed by atoms with Gasteiger partial charge in [0.05, 0.1) is 30.4 Å². The SMILES string of the molecule is CC(C)(C)[N+]1(C(=O)[O-])CCN([C@H]2c3ccc(Cl)cc3CCc3cc(Br)cnc32)C[C@@H]1C(=O)O. The maximum absolute atomic E-state index is 12.4. The van der Waals surface area contributed by atoms with Gasteiger partial charge in [-0.1, -0.05) is 17.7 Å². The second kappa shape index (κ2) is 8.65. The summed E-state index contributed by atoms with van der Waals surface area (Å²) in [6, 6.07) is 6.36. The largest absolute Gasteiger partial charge is 0.498 e. The van der Waals surface area contributed by atoms with E-state index in [1.165, 1.54) is 0 Å². The summed E-state index contributed by atoms with van der Waals surface area (Å²) in [5.41, 5.74) is 3.23. The maximum atomic E-state index is 12.4. The molecule has 1 aliphatic heterocycles. The van der Waals surface area contributed by atoms with Crippen LogP contribution < -0.4 is 5.11 Å². The third kappa shape index (κ3) is 4.07. The second-order valence-corrected chi connectivity index (χ2v) is 11.2. The first kappa shape index (κ1) is 24.1. The van der Waals surface area contributed by atoms with Crippen molar-refractivity contribution in [2.45, 2.75) is 51.2 Å². The normalized spacial score (nSPS) is 25.6. The minimum absolute atomic E-state index is 0.0600. The van der Waals surface area contributed by atoms with Crippen molar-refractivity contribution in [3.8, 4) is 0 Å². The summed E-state index contributed by atoms with van der Waals surface area (Å²) in [4.78, 5) is 31.6. The van der Waals surface area contributed by atoms with Crippen LogP contribution in [-0.2, 0) is 17.6 Å². The minimum atomic E-state index is -1.36. The number of aliphatic carboxylic acids is 1. The van der Waals surface area contributed by atoms with Crippen molar-refractivity contribution in [1.29, 1.82) is 0 Å². The predicted octanol–water partition coefficient (Wildman–Crippen LogP) is 3.41. The van der Waals surface area contributed by atoms with Crippen molar-refractivity contribution in [2.75, 3.05) is 19.6 Å². The molecule has 1 N–H and O–H groups in total. The molecule has 1 amide bonds. The number of rotatable bonds is 2. The van der Waals surface area contributed by atoms with E-state index < -0.39 is 28.1 Å². The molecule has 2 aliphatic rings. The molecule has 1 aromatic carbocycles. The number of pyridine rings is 1. The lowest BCUT2D eigenvalue weighted by Crippen LogP contribution is -2.79. The molecule has 2 aromatic rings. The number of hydrogen-bond acceptors (Lipinski definition) is 5. The summed E-state index contributed by atoms with van der Waals surface area (Å²) in [6.07, 6.45) is 1.96. The highest BCUT2D eigenvalue weighted by Crippen LogP contribution is 2.41. The van der Waals surface area contributed by atoms with Gasteiger partial charge in [0, 0.05) is 22.2 Å².